The van der Waals surface area contributed by atoms with Gasteiger partial charge in [0.05, 0.1) is 126 Å². The summed E-state index contributed by atoms with van der Waals surface area (Å²) in [6.07, 6.45) is 0. The summed E-state index contributed by atoms with van der Waals surface area (Å²) >= 11 is 0. The molecule has 12 nitrogen and oxygen atoms in total. The number of ether oxygens (including phenoxy) is 11. The van der Waals surface area contributed by atoms with Crippen LogP contribution >= 0.6 is 0 Å². The fraction of sp³-hybridized carbons (Fsp3) is 0.962. The topological polar surface area (TPSA) is 119 Å². The molecule has 0 rings (SSSR count). The molecule has 0 aromatic rings. The molecule has 0 spiro atoms. The summed E-state index contributed by atoms with van der Waals surface area (Å²) in [6, 6.07) is 0. The van der Waals surface area contributed by atoms with Crippen LogP contribution in [0.25, 0.3) is 0 Å². The molecule has 0 saturated heterocycles. The summed E-state index contributed by atoms with van der Waals surface area (Å²) in [6.45, 7) is 13.2. The normalized spacial score (nSPS) is 11.8. The van der Waals surface area contributed by atoms with Crippen molar-refractivity contribution in [1.29, 1.82) is 0 Å². The van der Waals surface area contributed by atoms with Crippen molar-refractivity contribution < 1.29 is 61.3 Å². The maximum atomic E-state index is 11.8. The molecule has 234 valence electrons. The third kappa shape index (κ3) is 35.0. The van der Waals surface area contributed by atoms with Gasteiger partial charge in [-0.25, -0.2) is 9.18 Å². The van der Waals surface area contributed by atoms with E-state index < -0.39 is 12.3 Å². The molecule has 13 heteroatoms. The molecule has 0 fully saturated rings. The zero-order valence-electron chi connectivity index (χ0n) is 24.1. The molecule has 0 aromatic heterocycles. The molecule has 0 aliphatic heterocycles. The predicted octanol–water partition coefficient (Wildman–Crippen LogP) is 1.46. The Balaban J connectivity index is 3.09. The molecule has 0 radical (unpaired) electrons. The first kappa shape index (κ1) is 38.0. The summed E-state index contributed by atoms with van der Waals surface area (Å²) in [7, 11) is 0. The Bertz CT molecular complexity index is 508. The fourth-order valence-corrected chi connectivity index (χ4v) is 2.56. The molecule has 0 heterocycles. The Kier molecular flexibility index (Phi) is 29.2. The lowest BCUT2D eigenvalue weighted by molar-refractivity contribution is -0.160. The lowest BCUT2D eigenvalue weighted by Crippen LogP contribution is -2.27. The number of rotatable bonds is 31. The summed E-state index contributed by atoms with van der Waals surface area (Å²) in [5.74, 6) is -0.389. The van der Waals surface area contributed by atoms with Crippen molar-refractivity contribution in [2.75, 3.05) is 139 Å². The van der Waals surface area contributed by atoms with Crippen molar-refractivity contribution in [3.05, 3.63) is 0 Å². The van der Waals surface area contributed by atoms with Crippen molar-refractivity contribution in [2.24, 2.45) is 0 Å². The minimum absolute atomic E-state index is 0.0847. The molecule has 0 amide bonds. The molecule has 0 aromatic carbocycles. The zero-order valence-corrected chi connectivity index (χ0v) is 24.1. The maximum Gasteiger partial charge on any atom is 0.332 e. The molecular weight excluding hydrogens is 523 g/mol. The van der Waals surface area contributed by atoms with Gasteiger partial charge in [-0.1, -0.05) is 0 Å². The van der Waals surface area contributed by atoms with Gasteiger partial charge in [0, 0.05) is 0 Å². The number of halogens is 1. The zero-order chi connectivity index (χ0) is 28.7. The average molecular weight is 575 g/mol. The Labute approximate surface area is 232 Å². The minimum atomic E-state index is -0.511. The van der Waals surface area contributed by atoms with E-state index in [1.54, 1.807) is 0 Å². The SMILES string of the molecule is CC(C)(C)OC(=O)COCCOCCOCCOCCOCCOCCOCCOCCOCCOCCF. The van der Waals surface area contributed by atoms with Gasteiger partial charge in [-0.05, 0) is 20.8 Å². The van der Waals surface area contributed by atoms with E-state index in [4.69, 9.17) is 52.1 Å². The number of hydrogen-bond acceptors (Lipinski definition) is 12. The van der Waals surface area contributed by atoms with Crippen LogP contribution in [-0.4, -0.2) is 150 Å². The van der Waals surface area contributed by atoms with Crippen LogP contribution < -0.4 is 0 Å². The summed E-state index contributed by atoms with van der Waals surface area (Å²) in [5, 5.41) is 0. The van der Waals surface area contributed by atoms with Crippen molar-refractivity contribution in [1.82, 2.24) is 0 Å². The quantitative estimate of drug-likeness (QED) is 0.0881. The first-order chi connectivity index (χ1) is 19.0. The molecule has 0 atom stereocenters. The highest BCUT2D eigenvalue weighted by molar-refractivity contribution is 5.71. The Morgan fingerprint density at radius 1 is 0.436 bits per heavy atom. The van der Waals surface area contributed by atoms with Gasteiger partial charge in [-0.3, -0.25) is 0 Å². The smallest absolute Gasteiger partial charge is 0.332 e. The molecule has 0 unspecified atom stereocenters. The molecule has 0 aliphatic rings. The van der Waals surface area contributed by atoms with Gasteiger partial charge in [0.1, 0.15) is 18.9 Å². The monoisotopic (exact) mass is 574 g/mol. The van der Waals surface area contributed by atoms with Gasteiger partial charge in [0.25, 0.3) is 0 Å². The molecule has 0 N–H and O–H groups in total. The van der Waals surface area contributed by atoms with Crippen molar-refractivity contribution in [2.45, 2.75) is 26.4 Å². The van der Waals surface area contributed by atoms with Gasteiger partial charge < -0.3 is 52.1 Å². The summed E-state index contributed by atoms with van der Waals surface area (Å²) in [5.41, 5.74) is -0.511. The lowest BCUT2D eigenvalue weighted by Gasteiger charge is -2.19. The van der Waals surface area contributed by atoms with E-state index in [1.165, 1.54) is 0 Å². The highest BCUT2D eigenvalue weighted by atomic mass is 19.1. The van der Waals surface area contributed by atoms with Crippen LogP contribution in [0.5, 0.6) is 0 Å². The Hall–Kier alpha value is -1.00. The van der Waals surface area contributed by atoms with Crippen molar-refractivity contribution in [3.63, 3.8) is 0 Å². The van der Waals surface area contributed by atoms with Gasteiger partial charge in [-0.15, -0.1) is 0 Å². The van der Waals surface area contributed by atoms with E-state index in [1.807, 2.05) is 20.8 Å². The highest BCUT2D eigenvalue weighted by Gasteiger charge is 2.15. The van der Waals surface area contributed by atoms with Crippen LogP contribution in [-0.2, 0) is 56.9 Å². The molecule has 0 aliphatic carbocycles. The van der Waals surface area contributed by atoms with E-state index >= 15 is 0 Å². The Morgan fingerprint density at radius 3 is 0.897 bits per heavy atom. The second kappa shape index (κ2) is 30.0. The van der Waals surface area contributed by atoms with Gasteiger partial charge in [0.2, 0.25) is 0 Å². The van der Waals surface area contributed by atoms with Crippen LogP contribution in [0.4, 0.5) is 4.39 Å². The first-order valence-corrected chi connectivity index (χ1v) is 13.5. The number of carbonyl (C=O) groups is 1. The third-order valence-electron chi connectivity index (χ3n) is 4.21. The molecule has 0 bridgehead atoms. The second-order valence-corrected chi connectivity index (χ2v) is 8.84. The second-order valence-electron chi connectivity index (χ2n) is 8.84. The van der Waals surface area contributed by atoms with Crippen LogP contribution in [0, 0.1) is 0 Å². The summed E-state index contributed by atoms with van der Waals surface area (Å²) in [4.78, 5) is 11.5. The van der Waals surface area contributed by atoms with E-state index in [0.29, 0.717) is 119 Å². The average Bonchev–Trinajstić information content (AvgIpc) is 2.88. The minimum Gasteiger partial charge on any atom is -0.458 e. The van der Waals surface area contributed by atoms with Gasteiger partial charge in [-0.2, -0.15) is 0 Å². The van der Waals surface area contributed by atoms with Crippen LogP contribution in [0.15, 0.2) is 0 Å². The molecule has 0 saturated carbocycles. The standard InChI is InChI=1S/C26H51FO12/c1-26(2,3)39-25(28)24-38-23-22-37-21-20-36-19-18-35-17-16-34-15-14-33-13-12-32-11-10-31-9-8-30-7-6-29-5-4-27/h4-24H2,1-3H3. The van der Waals surface area contributed by atoms with Crippen molar-refractivity contribution in [3.8, 4) is 0 Å². The van der Waals surface area contributed by atoms with Gasteiger partial charge >= 0.3 is 5.97 Å². The number of carbonyl (C=O) groups excluding carboxylic acids is 1. The van der Waals surface area contributed by atoms with Crippen molar-refractivity contribution >= 4 is 5.97 Å². The van der Waals surface area contributed by atoms with Crippen LogP contribution in [0.2, 0.25) is 0 Å². The third-order valence-corrected chi connectivity index (χ3v) is 4.21. The highest BCUT2D eigenvalue weighted by Crippen LogP contribution is 2.06. The van der Waals surface area contributed by atoms with E-state index in [2.05, 4.69) is 0 Å². The molecular formula is C26H51FO12. The number of alkyl halides is 1. The number of esters is 1. The van der Waals surface area contributed by atoms with Crippen LogP contribution in [0.3, 0.4) is 0 Å². The van der Waals surface area contributed by atoms with E-state index in [9.17, 15) is 9.18 Å². The first-order valence-electron chi connectivity index (χ1n) is 13.5. The largest absolute Gasteiger partial charge is 0.458 e. The maximum absolute atomic E-state index is 11.8. The number of hydrogen-bond donors (Lipinski definition) is 0. The van der Waals surface area contributed by atoms with Gasteiger partial charge in [0.15, 0.2) is 0 Å². The summed E-state index contributed by atoms with van der Waals surface area (Å²) < 4.78 is 70.2. The van der Waals surface area contributed by atoms with Crippen LogP contribution in [0.1, 0.15) is 20.8 Å². The predicted molar refractivity (Wildman–Crippen MR) is 140 cm³/mol. The fourth-order valence-electron chi connectivity index (χ4n) is 2.56. The lowest BCUT2D eigenvalue weighted by atomic mass is 10.2. The van der Waals surface area contributed by atoms with E-state index in [0.717, 1.165) is 0 Å². The van der Waals surface area contributed by atoms with E-state index in [-0.39, 0.29) is 19.2 Å². The molecule has 39 heavy (non-hydrogen) atoms. The Morgan fingerprint density at radius 2 is 0.667 bits per heavy atom.